The summed E-state index contributed by atoms with van der Waals surface area (Å²) in [5, 5.41) is 6.51. The van der Waals surface area contributed by atoms with Gasteiger partial charge in [0.05, 0.1) is 0 Å². The van der Waals surface area contributed by atoms with E-state index in [1.807, 2.05) is 0 Å². The molecule has 1 heterocycles. The van der Waals surface area contributed by atoms with E-state index in [1.54, 1.807) is 0 Å². The van der Waals surface area contributed by atoms with Crippen LogP contribution in [-0.4, -0.2) is 24.1 Å². The SMILES string of the molecule is Cc1nnc(NS(=O)(=O)C(F)(F)F)s1. The molecule has 1 aromatic rings. The molecule has 0 fully saturated rings. The van der Waals surface area contributed by atoms with Gasteiger partial charge >= 0.3 is 15.5 Å². The fraction of sp³-hybridized carbons (Fsp3) is 0.500. The number of aryl methyl sites for hydroxylation is 1. The summed E-state index contributed by atoms with van der Waals surface area (Å²) in [6, 6.07) is 0. The largest absolute Gasteiger partial charge is 0.516 e. The van der Waals surface area contributed by atoms with Crippen LogP contribution in [-0.2, 0) is 10.0 Å². The Bertz CT molecular complexity index is 423. The Balaban J connectivity index is 2.90. The third kappa shape index (κ3) is 2.32. The van der Waals surface area contributed by atoms with Gasteiger partial charge in [0, 0.05) is 0 Å². The Hall–Kier alpha value is -0.900. The van der Waals surface area contributed by atoms with Crippen molar-refractivity contribution in [2.75, 3.05) is 4.72 Å². The second kappa shape index (κ2) is 3.35. The number of rotatable bonds is 2. The zero-order chi connectivity index (χ0) is 11.0. The predicted molar refractivity (Wildman–Crippen MR) is 43.2 cm³/mol. The number of anilines is 1. The summed E-state index contributed by atoms with van der Waals surface area (Å²) in [4.78, 5) is 0. The molecule has 0 aliphatic rings. The Morgan fingerprint density at radius 1 is 1.36 bits per heavy atom. The zero-order valence-corrected chi connectivity index (χ0v) is 8.29. The quantitative estimate of drug-likeness (QED) is 0.849. The molecule has 0 unspecified atom stereocenters. The number of nitrogens with one attached hydrogen (secondary N) is 1. The molecule has 0 atom stereocenters. The monoisotopic (exact) mass is 247 g/mol. The molecule has 0 spiro atoms. The summed E-state index contributed by atoms with van der Waals surface area (Å²) >= 11 is 0.718. The summed E-state index contributed by atoms with van der Waals surface area (Å²) in [6.45, 7) is 1.49. The molecule has 1 N–H and O–H groups in total. The molecule has 0 saturated heterocycles. The Morgan fingerprint density at radius 3 is 2.29 bits per heavy atom. The van der Waals surface area contributed by atoms with Crippen LogP contribution < -0.4 is 4.72 Å². The minimum absolute atomic E-state index is 0.366. The number of nitrogens with zero attached hydrogens (tertiary/aromatic N) is 2. The smallest absolute Gasteiger partial charge is 0.250 e. The third-order valence-corrected chi connectivity index (χ3v) is 3.01. The second-order valence-corrected chi connectivity index (χ2v) is 5.03. The highest BCUT2D eigenvalue weighted by Gasteiger charge is 2.46. The lowest BCUT2D eigenvalue weighted by molar-refractivity contribution is -0.0429. The van der Waals surface area contributed by atoms with Crippen LogP contribution in [0.4, 0.5) is 18.3 Å². The van der Waals surface area contributed by atoms with E-state index in [1.165, 1.54) is 11.6 Å². The number of hydrogen-bond acceptors (Lipinski definition) is 5. The topological polar surface area (TPSA) is 72.0 Å². The number of aromatic nitrogens is 2. The van der Waals surface area contributed by atoms with Crippen LogP contribution in [0.3, 0.4) is 0 Å². The molecule has 1 rings (SSSR count). The van der Waals surface area contributed by atoms with E-state index in [9.17, 15) is 21.6 Å². The molecule has 0 radical (unpaired) electrons. The summed E-state index contributed by atoms with van der Waals surface area (Å²) < 4.78 is 57.8. The predicted octanol–water partition coefficient (Wildman–Crippen LogP) is 1.11. The van der Waals surface area contributed by atoms with Gasteiger partial charge in [-0.2, -0.15) is 21.6 Å². The van der Waals surface area contributed by atoms with Crippen LogP contribution in [0.25, 0.3) is 0 Å². The van der Waals surface area contributed by atoms with Gasteiger partial charge in [-0.25, -0.2) is 4.72 Å². The summed E-state index contributed by atoms with van der Waals surface area (Å²) in [5.41, 5.74) is -5.34. The van der Waals surface area contributed by atoms with Crippen LogP contribution in [0, 0.1) is 6.92 Å². The second-order valence-electron chi connectivity index (χ2n) is 2.18. The summed E-state index contributed by atoms with van der Waals surface area (Å²) in [6.07, 6.45) is 0. The van der Waals surface area contributed by atoms with Crippen molar-refractivity contribution in [2.45, 2.75) is 12.4 Å². The van der Waals surface area contributed by atoms with Gasteiger partial charge in [0.2, 0.25) is 5.13 Å². The lowest BCUT2D eigenvalue weighted by atomic mass is 10.9. The first-order valence-corrected chi connectivity index (χ1v) is 5.41. The minimum Gasteiger partial charge on any atom is -0.250 e. The Kier molecular flexibility index (Phi) is 2.67. The van der Waals surface area contributed by atoms with E-state index in [4.69, 9.17) is 0 Å². The molecule has 10 heteroatoms. The van der Waals surface area contributed by atoms with Crippen molar-refractivity contribution in [3.8, 4) is 0 Å². The summed E-state index contributed by atoms with van der Waals surface area (Å²) in [7, 11) is -5.38. The van der Waals surface area contributed by atoms with Crippen molar-refractivity contribution >= 4 is 26.5 Å². The highest BCUT2D eigenvalue weighted by Crippen LogP contribution is 2.26. The molecule has 14 heavy (non-hydrogen) atoms. The van der Waals surface area contributed by atoms with Crippen LogP contribution in [0.1, 0.15) is 5.01 Å². The van der Waals surface area contributed by atoms with Gasteiger partial charge in [0.15, 0.2) is 0 Å². The van der Waals surface area contributed by atoms with Crippen LogP contribution in [0.5, 0.6) is 0 Å². The molecule has 80 valence electrons. The Morgan fingerprint density at radius 2 is 1.93 bits per heavy atom. The van der Waals surface area contributed by atoms with Crippen molar-refractivity contribution in [3.05, 3.63) is 5.01 Å². The fourth-order valence-electron chi connectivity index (χ4n) is 0.511. The molecule has 0 aliphatic heterocycles. The zero-order valence-electron chi connectivity index (χ0n) is 6.66. The molecule has 1 aromatic heterocycles. The highest BCUT2D eigenvalue weighted by atomic mass is 32.2. The minimum atomic E-state index is -5.38. The first-order chi connectivity index (χ1) is 6.22. The standard InChI is InChI=1S/C4H4F3N3O2S2/c1-2-8-9-3(13-2)10-14(11,12)4(5,6)7/h1H3,(H,9,10). The van der Waals surface area contributed by atoms with Crippen LogP contribution in [0.2, 0.25) is 0 Å². The van der Waals surface area contributed by atoms with E-state index in [0.717, 1.165) is 11.3 Å². The van der Waals surface area contributed by atoms with E-state index in [0.29, 0.717) is 5.01 Å². The van der Waals surface area contributed by atoms with Crippen molar-refractivity contribution in [2.24, 2.45) is 0 Å². The lowest BCUT2D eigenvalue weighted by Crippen LogP contribution is -2.29. The first kappa shape index (κ1) is 11.2. The third-order valence-electron chi connectivity index (χ3n) is 1.05. The van der Waals surface area contributed by atoms with Gasteiger partial charge in [0.25, 0.3) is 0 Å². The van der Waals surface area contributed by atoms with E-state index in [2.05, 4.69) is 10.2 Å². The summed E-state index contributed by atoms with van der Waals surface area (Å²) in [5.74, 6) is 0. The van der Waals surface area contributed by atoms with Gasteiger partial charge in [-0.1, -0.05) is 11.3 Å². The van der Waals surface area contributed by atoms with Crippen molar-refractivity contribution in [3.63, 3.8) is 0 Å². The molecular formula is C4H4F3N3O2S2. The molecule has 0 saturated carbocycles. The maximum Gasteiger partial charge on any atom is 0.516 e. The average molecular weight is 247 g/mol. The van der Waals surface area contributed by atoms with E-state index >= 15 is 0 Å². The van der Waals surface area contributed by atoms with Gasteiger partial charge < -0.3 is 0 Å². The number of sulfonamides is 1. The van der Waals surface area contributed by atoms with Crippen LogP contribution >= 0.6 is 11.3 Å². The molecular weight excluding hydrogens is 243 g/mol. The van der Waals surface area contributed by atoms with E-state index in [-0.39, 0.29) is 0 Å². The van der Waals surface area contributed by atoms with Crippen molar-refractivity contribution in [1.82, 2.24) is 10.2 Å². The molecule has 0 amide bonds. The highest BCUT2D eigenvalue weighted by molar-refractivity contribution is 7.93. The molecule has 0 aliphatic carbocycles. The van der Waals surface area contributed by atoms with Crippen LogP contribution in [0.15, 0.2) is 0 Å². The number of alkyl halides is 3. The molecule has 5 nitrogen and oxygen atoms in total. The van der Waals surface area contributed by atoms with Gasteiger partial charge in [0.1, 0.15) is 5.01 Å². The average Bonchev–Trinajstić information content (AvgIpc) is 2.31. The maximum absolute atomic E-state index is 11.8. The molecule has 0 bridgehead atoms. The number of hydrogen-bond donors (Lipinski definition) is 1. The fourth-order valence-corrected chi connectivity index (χ4v) is 1.84. The number of halogens is 3. The first-order valence-electron chi connectivity index (χ1n) is 3.11. The van der Waals surface area contributed by atoms with Crippen molar-refractivity contribution in [1.29, 1.82) is 0 Å². The molecule has 0 aromatic carbocycles. The van der Waals surface area contributed by atoms with Gasteiger partial charge in [-0.05, 0) is 6.92 Å². The lowest BCUT2D eigenvalue weighted by Gasteiger charge is -2.06. The van der Waals surface area contributed by atoms with Crippen molar-refractivity contribution < 1.29 is 21.6 Å². The van der Waals surface area contributed by atoms with Gasteiger partial charge in [-0.15, -0.1) is 10.2 Å². The van der Waals surface area contributed by atoms with E-state index < -0.39 is 20.7 Å². The Labute approximate surface area is 81.0 Å². The van der Waals surface area contributed by atoms with Gasteiger partial charge in [-0.3, -0.25) is 0 Å². The normalized spacial score (nSPS) is 12.9. The maximum atomic E-state index is 11.8.